The van der Waals surface area contributed by atoms with E-state index in [1.807, 2.05) is 95.9 Å². The molecule has 0 spiro atoms. The maximum Gasteiger partial charge on any atom is 0.328 e. The maximum atomic E-state index is 14.3. The number of thioether (sulfide) groups is 1. The van der Waals surface area contributed by atoms with Gasteiger partial charge in [-0.05, 0) is 93.1 Å². The number of benzene rings is 3. The number of nitrogens with one attached hydrogen (secondary N) is 2. The van der Waals surface area contributed by atoms with Gasteiger partial charge in [-0.1, -0.05) is 91.0 Å². The van der Waals surface area contributed by atoms with Crippen LogP contribution in [-0.4, -0.2) is 82.3 Å². The third kappa shape index (κ3) is 10.8. The van der Waals surface area contributed by atoms with Gasteiger partial charge in [-0.2, -0.15) is 0 Å². The van der Waals surface area contributed by atoms with Crippen molar-refractivity contribution in [1.82, 2.24) is 20.4 Å². The fourth-order valence-electron chi connectivity index (χ4n) is 8.18. The van der Waals surface area contributed by atoms with E-state index in [-0.39, 0.29) is 29.0 Å². The third-order valence-electron chi connectivity index (χ3n) is 11.2. The Morgan fingerprint density at radius 1 is 0.691 bits per heavy atom. The first-order chi connectivity index (χ1) is 26.8. The highest BCUT2D eigenvalue weighted by Gasteiger charge is 2.44. The van der Waals surface area contributed by atoms with Gasteiger partial charge in [0.1, 0.15) is 18.1 Å². The van der Waals surface area contributed by atoms with Crippen LogP contribution >= 0.6 is 11.8 Å². The first-order valence-electron chi connectivity index (χ1n) is 19.8. The van der Waals surface area contributed by atoms with Crippen molar-refractivity contribution in [3.05, 3.63) is 108 Å². The number of hydrogen-bond acceptors (Lipinski definition) is 7. The number of esters is 1. The minimum Gasteiger partial charge on any atom is -0.467 e. The van der Waals surface area contributed by atoms with Crippen molar-refractivity contribution in [3.8, 4) is 0 Å². The molecular formula is C44H54N4O6S. The number of nitrogens with zero attached hydrogens (tertiary/aromatic N) is 2. The summed E-state index contributed by atoms with van der Waals surface area (Å²) in [6.45, 7) is 1.15. The SMILES string of the molecule is COC(=O)[C@@H]1CCC[C@@H]2SCC[C@H](NC(=O)[C@H](CC[C@H](Cc3ccccc3)C(=O)N[C@H]3CCCCN(Cc4ccccc4)C3=O)Cc3ccccc3)C(=O)N21. The zero-order chi connectivity index (χ0) is 38.6. The van der Waals surface area contributed by atoms with Gasteiger partial charge in [0.05, 0.1) is 12.5 Å². The molecule has 0 aromatic heterocycles. The summed E-state index contributed by atoms with van der Waals surface area (Å²) in [5.74, 6) is -1.50. The van der Waals surface area contributed by atoms with Gasteiger partial charge in [0.15, 0.2) is 0 Å². The zero-order valence-corrected chi connectivity index (χ0v) is 32.6. The Morgan fingerprint density at radius 2 is 1.24 bits per heavy atom. The largest absolute Gasteiger partial charge is 0.467 e. The van der Waals surface area contributed by atoms with Gasteiger partial charge in [-0.25, -0.2) is 4.79 Å². The Balaban J connectivity index is 1.18. The summed E-state index contributed by atoms with van der Waals surface area (Å²) in [7, 11) is 1.34. The van der Waals surface area contributed by atoms with Gasteiger partial charge in [-0.15, -0.1) is 11.8 Å². The molecule has 292 valence electrons. The molecule has 0 aliphatic carbocycles. The van der Waals surface area contributed by atoms with Crippen LogP contribution in [0.3, 0.4) is 0 Å². The van der Waals surface area contributed by atoms with Crippen molar-refractivity contribution in [2.75, 3.05) is 19.4 Å². The van der Waals surface area contributed by atoms with Crippen LogP contribution in [0, 0.1) is 11.8 Å². The molecule has 0 unspecified atom stereocenters. The Bertz CT molecular complexity index is 1740. The number of likely N-dealkylation sites (tertiary alicyclic amines) is 1. The van der Waals surface area contributed by atoms with Crippen molar-refractivity contribution in [3.63, 3.8) is 0 Å². The molecule has 55 heavy (non-hydrogen) atoms. The molecule has 0 saturated carbocycles. The monoisotopic (exact) mass is 766 g/mol. The molecule has 6 atom stereocenters. The molecular weight excluding hydrogens is 713 g/mol. The molecule has 2 N–H and O–H groups in total. The lowest BCUT2D eigenvalue weighted by molar-refractivity contribution is -0.156. The highest BCUT2D eigenvalue weighted by molar-refractivity contribution is 7.99. The average molecular weight is 767 g/mol. The number of carbonyl (C=O) groups excluding carboxylic acids is 5. The van der Waals surface area contributed by atoms with E-state index in [1.165, 1.54) is 7.11 Å². The summed E-state index contributed by atoms with van der Waals surface area (Å²) in [6.07, 6.45) is 6.62. The van der Waals surface area contributed by atoms with Crippen LogP contribution in [0.1, 0.15) is 74.5 Å². The Morgan fingerprint density at radius 3 is 1.80 bits per heavy atom. The standard InChI is InChI=1S/C44H54N4O6S/c1-54-44(53)38-21-13-22-39-48(38)43(52)37(25-27-55-39)46-41(50)35(29-32-16-7-3-8-17-32)24-23-34(28-31-14-5-2-6-15-31)40(49)45-36-20-11-12-26-47(42(36)51)30-33-18-9-4-10-19-33/h2-10,14-19,34-39H,11-13,20-30H2,1H3,(H,45,49)(H,46,50)/t34-,35-,36+,37+,38+,39+/m1/s1. The number of amides is 4. The van der Waals surface area contributed by atoms with Crippen molar-refractivity contribution in [2.24, 2.45) is 11.8 Å². The van der Waals surface area contributed by atoms with E-state index < -0.39 is 35.9 Å². The van der Waals surface area contributed by atoms with Gasteiger partial charge in [0.2, 0.25) is 23.6 Å². The predicted octanol–water partition coefficient (Wildman–Crippen LogP) is 5.68. The van der Waals surface area contributed by atoms with Crippen molar-refractivity contribution < 1.29 is 28.7 Å². The van der Waals surface area contributed by atoms with Crippen LogP contribution in [-0.2, 0) is 48.1 Å². The molecule has 6 rings (SSSR count). The summed E-state index contributed by atoms with van der Waals surface area (Å²) >= 11 is 1.65. The molecule has 3 saturated heterocycles. The Kier molecular flexibility index (Phi) is 14.4. The molecule has 4 amide bonds. The molecule has 3 aliphatic heterocycles. The number of ether oxygens (including phenoxy) is 1. The topological polar surface area (TPSA) is 125 Å². The highest BCUT2D eigenvalue weighted by Crippen LogP contribution is 2.35. The molecule has 0 radical (unpaired) electrons. The fourth-order valence-corrected chi connectivity index (χ4v) is 9.57. The first-order valence-corrected chi connectivity index (χ1v) is 20.9. The second-order valence-corrected chi connectivity index (χ2v) is 16.3. The van der Waals surface area contributed by atoms with Crippen LogP contribution in [0.15, 0.2) is 91.0 Å². The quantitative estimate of drug-likeness (QED) is 0.202. The number of carbonyl (C=O) groups is 5. The maximum absolute atomic E-state index is 14.3. The number of piperidine rings is 1. The summed E-state index contributed by atoms with van der Waals surface area (Å²) in [5, 5.41) is 6.12. The van der Waals surface area contributed by atoms with E-state index in [0.717, 1.165) is 42.4 Å². The van der Waals surface area contributed by atoms with E-state index in [2.05, 4.69) is 10.6 Å². The lowest BCUT2D eigenvalue weighted by Gasteiger charge is -2.40. The van der Waals surface area contributed by atoms with Crippen molar-refractivity contribution >= 4 is 41.4 Å². The minimum atomic E-state index is -0.767. The van der Waals surface area contributed by atoms with Crippen LogP contribution in [0.2, 0.25) is 0 Å². The van der Waals surface area contributed by atoms with Crippen LogP contribution in [0.5, 0.6) is 0 Å². The molecule has 3 heterocycles. The molecule has 3 aromatic carbocycles. The molecule has 11 heteroatoms. The van der Waals surface area contributed by atoms with Crippen LogP contribution in [0.25, 0.3) is 0 Å². The van der Waals surface area contributed by atoms with Gasteiger partial charge in [-0.3, -0.25) is 19.2 Å². The first kappa shape index (κ1) is 40.0. The second kappa shape index (κ2) is 19.8. The van der Waals surface area contributed by atoms with E-state index in [9.17, 15) is 24.0 Å². The summed E-state index contributed by atoms with van der Waals surface area (Å²) < 4.78 is 5.07. The van der Waals surface area contributed by atoms with Crippen LogP contribution < -0.4 is 10.6 Å². The number of hydrogen-bond donors (Lipinski definition) is 2. The Labute approximate surface area is 329 Å². The van der Waals surface area contributed by atoms with E-state index in [1.54, 1.807) is 16.7 Å². The van der Waals surface area contributed by atoms with E-state index in [0.29, 0.717) is 63.8 Å². The average Bonchev–Trinajstić information content (AvgIpc) is 3.48. The molecule has 3 aromatic rings. The van der Waals surface area contributed by atoms with Crippen LogP contribution in [0.4, 0.5) is 0 Å². The smallest absolute Gasteiger partial charge is 0.328 e. The molecule has 3 aliphatic rings. The lowest BCUT2D eigenvalue weighted by atomic mass is 9.86. The lowest BCUT2D eigenvalue weighted by Crippen LogP contribution is -2.57. The highest BCUT2D eigenvalue weighted by atomic mass is 32.2. The number of rotatable bonds is 14. The van der Waals surface area contributed by atoms with Gasteiger partial charge in [0.25, 0.3) is 0 Å². The second-order valence-electron chi connectivity index (χ2n) is 15.0. The minimum absolute atomic E-state index is 0.0638. The zero-order valence-electron chi connectivity index (χ0n) is 31.8. The van der Waals surface area contributed by atoms with Gasteiger partial charge in [0, 0.05) is 24.9 Å². The molecule has 0 bridgehead atoms. The summed E-state index contributed by atoms with van der Waals surface area (Å²) in [6, 6.07) is 27.5. The van der Waals surface area contributed by atoms with Gasteiger partial charge >= 0.3 is 5.97 Å². The molecule has 10 nitrogen and oxygen atoms in total. The van der Waals surface area contributed by atoms with Crippen molar-refractivity contribution in [1.29, 1.82) is 0 Å². The third-order valence-corrected chi connectivity index (χ3v) is 12.5. The van der Waals surface area contributed by atoms with Crippen molar-refractivity contribution in [2.45, 2.75) is 101 Å². The van der Waals surface area contributed by atoms with E-state index >= 15 is 0 Å². The summed E-state index contributed by atoms with van der Waals surface area (Å²) in [4.78, 5) is 72.7. The normalized spacial score (nSPS) is 22.7. The number of fused-ring (bicyclic) bond motifs is 1. The van der Waals surface area contributed by atoms with Gasteiger partial charge < -0.3 is 25.2 Å². The fraction of sp³-hybridized carbons (Fsp3) is 0.477. The number of methoxy groups -OCH3 is 1. The van der Waals surface area contributed by atoms with E-state index in [4.69, 9.17) is 4.74 Å². The Hall–Kier alpha value is -4.64. The summed E-state index contributed by atoms with van der Waals surface area (Å²) in [5.41, 5.74) is 3.04. The predicted molar refractivity (Wildman–Crippen MR) is 213 cm³/mol. The molecule has 3 fully saturated rings.